The van der Waals surface area contributed by atoms with Crippen molar-refractivity contribution in [2.24, 2.45) is 22.9 Å². The number of aryl methyl sites for hydroxylation is 1. The van der Waals surface area contributed by atoms with Crippen molar-refractivity contribution in [3.8, 4) is 0 Å². The maximum atomic E-state index is 11.9. The van der Waals surface area contributed by atoms with Crippen LogP contribution in [0, 0.1) is 6.92 Å². The highest BCUT2D eigenvalue weighted by Crippen LogP contribution is 2.27. The fourth-order valence-electron chi connectivity index (χ4n) is 4.97. The van der Waals surface area contributed by atoms with Crippen LogP contribution in [0.5, 0.6) is 0 Å². The molecular formula is C23H32N10O2. The number of piperidine rings is 1. The monoisotopic (exact) mass is 480 g/mol. The van der Waals surface area contributed by atoms with Gasteiger partial charge in [0, 0.05) is 73.6 Å². The van der Waals surface area contributed by atoms with Crippen molar-refractivity contribution < 1.29 is 4.42 Å². The minimum Gasteiger partial charge on any atom is -0.423 e. The molecule has 0 aliphatic carbocycles. The van der Waals surface area contributed by atoms with Crippen LogP contribution >= 0.6 is 0 Å². The van der Waals surface area contributed by atoms with E-state index in [0.717, 1.165) is 23.8 Å². The zero-order chi connectivity index (χ0) is 24.7. The molecule has 1 aromatic carbocycles. The van der Waals surface area contributed by atoms with E-state index < -0.39 is 5.63 Å². The van der Waals surface area contributed by atoms with Crippen molar-refractivity contribution in [2.75, 3.05) is 41.3 Å². The van der Waals surface area contributed by atoms with Crippen molar-refractivity contribution in [1.29, 1.82) is 0 Å². The summed E-state index contributed by atoms with van der Waals surface area (Å²) in [4.78, 5) is 30.0. The van der Waals surface area contributed by atoms with E-state index in [1.54, 1.807) is 6.07 Å². The van der Waals surface area contributed by atoms with Gasteiger partial charge in [-0.2, -0.15) is 15.0 Å². The third-order valence-electron chi connectivity index (χ3n) is 6.59. The van der Waals surface area contributed by atoms with Crippen LogP contribution in [-0.2, 0) is 0 Å². The Hall–Kier alpha value is -3.32. The number of hydrogen-bond acceptors (Lipinski definition) is 12. The van der Waals surface area contributed by atoms with Gasteiger partial charge in [-0.05, 0) is 37.5 Å². The molecular weight excluding hydrogens is 448 g/mol. The van der Waals surface area contributed by atoms with Crippen LogP contribution in [0.1, 0.15) is 18.4 Å². The number of benzene rings is 1. The molecule has 9 N–H and O–H groups in total. The van der Waals surface area contributed by atoms with E-state index in [0.29, 0.717) is 55.3 Å². The summed E-state index contributed by atoms with van der Waals surface area (Å²) in [7, 11) is 0. The molecule has 4 atom stereocenters. The minimum atomic E-state index is -0.396. The highest BCUT2D eigenvalue weighted by molar-refractivity contribution is 5.83. The summed E-state index contributed by atoms with van der Waals surface area (Å²) in [6.07, 6.45) is 1.51. The molecule has 0 bridgehead atoms. The molecule has 12 nitrogen and oxygen atoms in total. The van der Waals surface area contributed by atoms with Crippen molar-refractivity contribution in [2.45, 2.75) is 43.9 Å². The zero-order valence-electron chi connectivity index (χ0n) is 19.7. The average Bonchev–Trinajstić information content (AvgIpc) is 3.18. The van der Waals surface area contributed by atoms with Gasteiger partial charge in [-0.25, -0.2) is 4.79 Å². The zero-order valence-corrected chi connectivity index (χ0v) is 19.7. The maximum Gasteiger partial charge on any atom is 0.336 e. The fourth-order valence-corrected chi connectivity index (χ4v) is 4.97. The molecule has 2 aliphatic heterocycles. The number of nitrogens with one attached hydrogen (secondary N) is 1. The predicted molar refractivity (Wildman–Crippen MR) is 136 cm³/mol. The molecule has 3 aromatic rings. The second-order valence-electron chi connectivity index (χ2n) is 9.54. The van der Waals surface area contributed by atoms with Crippen LogP contribution in [0.2, 0.25) is 0 Å². The van der Waals surface area contributed by atoms with Gasteiger partial charge in [0.1, 0.15) is 5.58 Å². The average molecular weight is 481 g/mol. The Labute approximate surface area is 202 Å². The third-order valence-corrected chi connectivity index (χ3v) is 6.59. The molecule has 5 rings (SSSR count). The normalized spacial score (nSPS) is 24.8. The van der Waals surface area contributed by atoms with Crippen molar-refractivity contribution in [1.82, 2.24) is 15.0 Å². The molecule has 0 radical (unpaired) electrons. The molecule has 0 saturated carbocycles. The first-order valence-corrected chi connectivity index (χ1v) is 11.8. The summed E-state index contributed by atoms with van der Waals surface area (Å²) in [5.74, 6) is 1.34. The van der Waals surface area contributed by atoms with E-state index >= 15 is 0 Å². The topological polar surface area (TPSA) is 191 Å². The van der Waals surface area contributed by atoms with Crippen LogP contribution in [-0.4, -0.2) is 65.3 Å². The first kappa shape index (κ1) is 23.4. The summed E-state index contributed by atoms with van der Waals surface area (Å²) >= 11 is 0. The Morgan fingerprint density at radius 3 is 2.46 bits per heavy atom. The van der Waals surface area contributed by atoms with Gasteiger partial charge in [0.2, 0.25) is 17.8 Å². The fraction of sp³-hybridized carbons (Fsp3) is 0.478. The summed E-state index contributed by atoms with van der Waals surface area (Å²) in [6, 6.07) is 6.90. The highest BCUT2D eigenvalue weighted by atomic mass is 16.4. The lowest BCUT2D eigenvalue weighted by Gasteiger charge is -2.35. The van der Waals surface area contributed by atoms with Gasteiger partial charge in [-0.3, -0.25) is 0 Å². The van der Waals surface area contributed by atoms with Gasteiger partial charge in [-0.1, -0.05) is 0 Å². The molecule has 0 spiro atoms. The lowest BCUT2D eigenvalue weighted by Crippen LogP contribution is -2.53. The molecule has 35 heavy (non-hydrogen) atoms. The van der Waals surface area contributed by atoms with Gasteiger partial charge >= 0.3 is 5.63 Å². The molecule has 0 unspecified atom stereocenters. The van der Waals surface area contributed by atoms with E-state index in [2.05, 4.69) is 10.3 Å². The van der Waals surface area contributed by atoms with Crippen LogP contribution in [0.25, 0.3) is 11.0 Å². The number of hydrogen-bond donors (Lipinski definition) is 5. The lowest BCUT2D eigenvalue weighted by molar-refractivity contribution is 0.447. The van der Waals surface area contributed by atoms with Gasteiger partial charge in [0.15, 0.2) is 0 Å². The summed E-state index contributed by atoms with van der Waals surface area (Å²) in [6.45, 7) is 4.11. The Balaban J connectivity index is 1.53. The van der Waals surface area contributed by atoms with Gasteiger partial charge in [-0.15, -0.1) is 0 Å². The van der Waals surface area contributed by atoms with E-state index in [-0.39, 0.29) is 24.2 Å². The Kier molecular flexibility index (Phi) is 6.28. The number of fused-ring (bicyclic) bond motifs is 1. The van der Waals surface area contributed by atoms with Crippen LogP contribution < -0.4 is 43.7 Å². The molecule has 0 amide bonds. The number of rotatable bonds is 5. The first-order valence-electron chi connectivity index (χ1n) is 11.8. The molecule has 2 aromatic heterocycles. The van der Waals surface area contributed by atoms with Crippen LogP contribution in [0.3, 0.4) is 0 Å². The number of nitrogens with zero attached hydrogens (tertiary/aromatic N) is 5. The SMILES string of the molecule is Cc1cc(=O)oc2cc(Nc3nc(N4C[C@H](N)C[C@H](N)C4)nc(N4C[C@@H](N)C[C@H]4CN)n3)ccc12. The van der Waals surface area contributed by atoms with Crippen molar-refractivity contribution >= 4 is 34.5 Å². The number of nitrogens with two attached hydrogens (primary N) is 4. The molecule has 2 fully saturated rings. The van der Waals surface area contributed by atoms with Gasteiger partial charge < -0.3 is 42.5 Å². The molecule has 2 aliphatic rings. The third kappa shape index (κ3) is 4.91. The molecule has 2 saturated heterocycles. The van der Waals surface area contributed by atoms with E-state index in [1.165, 1.54) is 6.07 Å². The second kappa shape index (κ2) is 9.38. The molecule has 12 heteroatoms. The minimum absolute atomic E-state index is 0.0105. The lowest BCUT2D eigenvalue weighted by atomic mass is 10.0. The van der Waals surface area contributed by atoms with Crippen LogP contribution in [0.4, 0.5) is 23.5 Å². The first-order chi connectivity index (χ1) is 16.8. The Morgan fingerprint density at radius 2 is 1.71 bits per heavy atom. The van der Waals surface area contributed by atoms with Crippen molar-refractivity contribution in [3.63, 3.8) is 0 Å². The Bertz CT molecular complexity index is 1270. The summed E-state index contributed by atoms with van der Waals surface area (Å²) < 4.78 is 5.39. The second-order valence-corrected chi connectivity index (χ2v) is 9.54. The standard InChI is InChI=1S/C23H32N10O2/c1-12-4-20(34)35-19-7-16(2-3-18(12)19)28-21-29-22(32-9-13(25)5-14(26)10-32)31-23(30-21)33-11-15(27)6-17(33)8-24/h2-4,7,13-15,17H,5-6,8-11,24-27H2,1H3,(H,28,29,30,31)/t13-,14+,15-,17-/m0/s1. The quantitative estimate of drug-likeness (QED) is 0.301. The van der Waals surface area contributed by atoms with Gasteiger partial charge in [0.05, 0.1) is 0 Å². The highest BCUT2D eigenvalue weighted by Gasteiger charge is 2.32. The number of aromatic nitrogens is 3. The maximum absolute atomic E-state index is 11.9. The Morgan fingerprint density at radius 1 is 1.00 bits per heavy atom. The molecule has 4 heterocycles. The van der Waals surface area contributed by atoms with Crippen LogP contribution in [0.15, 0.2) is 33.5 Å². The van der Waals surface area contributed by atoms with E-state index in [4.69, 9.17) is 37.3 Å². The summed E-state index contributed by atoms with van der Waals surface area (Å²) in [5, 5.41) is 4.10. The van der Waals surface area contributed by atoms with Crippen molar-refractivity contribution in [3.05, 3.63) is 40.2 Å². The van der Waals surface area contributed by atoms with Gasteiger partial charge in [0.25, 0.3) is 0 Å². The smallest absolute Gasteiger partial charge is 0.336 e. The predicted octanol–water partition coefficient (Wildman–Crippen LogP) is -0.241. The summed E-state index contributed by atoms with van der Waals surface area (Å²) in [5.41, 5.74) is 26.3. The number of anilines is 4. The van der Waals surface area contributed by atoms with E-state index in [9.17, 15) is 4.79 Å². The largest absolute Gasteiger partial charge is 0.423 e. The molecule has 186 valence electrons. The van der Waals surface area contributed by atoms with E-state index in [1.807, 2.05) is 28.9 Å².